The number of aliphatic hydroxyl groups is 1. The van der Waals surface area contributed by atoms with E-state index in [1.807, 2.05) is 6.92 Å². The van der Waals surface area contributed by atoms with Gasteiger partial charge in [0.25, 0.3) is 5.91 Å². The van der Waals surface area contributed by atoms with Crippen molar-refractivity contribution in [3.63, 3.8) is 0 Å². The molecule has 22 heavy (non-hydrogen) atoms. The molecule has 1 fully saturated rings. The van der Waals surface area contributed by atoms with Crippen molar-refractivity contribution in [3.8, 4) is 0 Å². The zero-order valence-corrected chi connectivity index (χ0v) is 14.9. The Labute approximate surface area is 139 Å². The molecule has 1 atom stereocenters. The Hall–Kier alpha value is -1.29. The van der Waals surface area contributed by atoms with Crippen LogP contribution in [0.3, 0.4) is 0 Å². The van der Waals surface area contributed by atoms with Gasteiger partial charge in [-0.15, -0.1) is 0 Å². The molecule has 1 saturated carbocycles. The summed E-state index contributed by atoms with van der Waals surface area (Å²) in [6.45, 7) is 6.10. The smallest absolute Gasteiger partial charge is 0.256 e. The number of carbonyl (C=O) groups is 1. The summed E-state index contributed by atoms with van der Waals surface area (Å²) in [4.78, 5) is 12.6. The third kappa shape index (κ3) is 2.28. The van der Waals surface area contributed by atoms with Crippen LogP contribution in [0.2, 0.25) is 0 Å². The van der Waals surface area contributed by atoms with Gasteiger partial charge < -0.3 is 10.4 Å². The standard InChI is InChI=1S/C18H22BrNO2/c1-4-10-8-13(19)9-11(5-2)14(10)15-16(21)18(3,12-6-7-12)20-17(15)22/h8-9,12,21H,4-7H2,1-3H3,(H,20,22). The number of amides is 1. The summed E-state index contributed by atoms with van der Waals surface area (Å²) in [6, 6.07) is 4.10. The van der Waals surface area contributed by atoms with Gasteiger partial charge in [-0.2, -0.15) is 0 Å². The molecule has 1 aliphatic heterocycles. The maximum absolute atomic E-state index is 12.6. The van der Waals surface area contributed by atoms with Crippen LogP contribution >= 0.6 is 15.9 Å². The number of nitrogens with one attached hydrogen (secondary N) is 1. The fourth-order valence-electron chi connectivity index (χ4n) is 3.52. The molecule has 1 unspecified atom stereocenters. The molecule has 4 heteroatoms. The second-order valence-electron chi connectivity index (χ2n) is 6.46. The van der Waals surface area contributed by atoms with Gasteiger partial charge in [-0.3, -0.25) is 4.79 Å². The summed E-state index contributed by atoms with van der Waals surface area (Å²) in [7, 11) is 0. The Kier molecular flexibility index (Phi) is 3.84. The molecule has 1 heterocycles. The second kappa shape index (κ2) is 5.41. The zero-order valence-electron chi connectivity index (χ0n) is 13.3. The van der Waals surface area contributed by atoms with Crippen molar-refractivity contribution in [2.24, 2.45) is 5.92 Å². The molecule has 2 aliphatic rings. The maximum Gasteiger partial charge on any atom is 0.256 e. The molecular weight excluding hydrogens is 342 g/mol. The van der Waals surface area contributed by atoms with E-state index in [9.17, 15) is 9.90 Å². The second-order valence-corrected chi connectivity index (χ2v) is 7.38. The van der Waals surface area contributed by atoms with Gasteiger partial charge in [0.2, 0.25) is 0 Å². The Bertz CT molecular complexity index is 651. The Morgan fingerprint density at radius 2 is 1.82 bits per heavy atom. The van der Waals surface area contributed by atoms with E-state index in [0.29, 0.717) is 11.5 Å². The topological polar surface area (TPSA) is 49.3 Å². The lowest BCUT2D eigenvalue weighted by molar-refractivity contribution is -0.116. The Morgan fingerprint density at radius 1 is 1.27 bits per heavy atom. The van der Waals surface area contributed by atoms with Crippen molar-refractivity contribution in [2.75, 3.05) is 0 Å². The van der Waals surface area contributed by atoms with E-state index in [1.165, 1.54) is 0 Å². The van der Waals surface area contributed by atoms with E-state index in [0.717, 1.165) is 46.8 Å². The van der Waals surface area contributed by atoms with Crippen molar-refractivity contribution >= 4 is 27.4 Å². The monoisotopic (exact) mass is 363 g/mol. The quantitative estimate of drug-likeness (QED) is 0.844. The van der Waals surface area contributed by atoms with Gasteiger partial charge in [0.05, 0.1) is 11.1 Å². The average molecular weight is 364 g/mol. The van der Waals surface area contributed by atoms with Gasteiger partial charge in [0.15, 0.2) is 0 Å². The van der Waals surface area contributed by atoms with Crippen LogP contribution in [0.25, 0.3) is 5.57 Å². The van der Waals surface area contributed by atoms with Gasteiger partial charge >= 0.3 is 0 Å². The highest BCUT2D eigenvalue weighted by molar-refractivity contribution is 9.10. The molecule has 3 rings (SSSR count). The lowest BCUT2D eigenvalue weighted by Crippen LogP contribution is -2.43. The van der Waals surface area contributed by atoms with Crippen LogP contribution in [0.4, 0.5) is 0 Å². The summed E-state index contributed by atoms with van der Waals surface area (Å²) in [6.07, 6.45) is 3.78. The summed E-state index contributed by atoms with van der Waals surface area (Å²) in [5.74, 6) is 0.449. The molecule has 0 spiro atoms. The summed E-state index contributed by atoms with van der Waals surface area (Å²) in [5, 5.41) is 13.9. The number of aryl methyl sites for hydroxylation is 2. The van der Waals surface area contributed by atoms with Crippen LogP contribution in [0, 0.1) is 5.92 Å². The van der Waals surface area contributed by atoms with Gasteiger partial charge in [-0.1, -0.05) is 29.8 Å². The first-order valence-corrected chi connectivity index (χ1v) is 8.79. The Morgan fingerprint density at radius 3 is 2.27 bits per heavy atom. The highest BCUT2D eigenvalue weighted by Crippen LogP contribution is 2.48. The van der Waals surface area contributed by atoms with Crippen molar-refractivity contribution in [1.82, 2.24) is 5.32 Å². The number of benzene rings is 1. The molecule has 1 amide bonds. The van der Waals surface area contributed by atoms with Crippen LogP contribution in [-0.2, 0) is 17.6 Å². The molecular formula is C18H22BrNO2. The molecule has 1 aliphatic carbocycles. The molecule has 1 aromatic carbocycles. The predicted octanol–water partition coefficient (Wildman–Crippen LogP) is 4.14. The number of rotatable bonds is 4. The van der Waals surface area contributed by atoms with Gasteiger partial charge in [0, 0.05) is 4.47 Å². The Balaban J connectivity index is 2.22. The van der Waals surface area contributed by atoms with E-state index in [4.69, 9.17) is 0 Å². The highest BCUT2D eigenvalue weighted by Gasteiger charge is 2.52. The summed E-state index contributed by atoms with van der Waals surface area (Å²) in [5.41, 5.74) is 3.02. The normalized spacial score (nSPS) is 24.8. The first-order chi connectivity index (χ1) is 10.4. The predicted molar refractivity (Wildman–Crippen MR) is 91.7 cm³/mol. The van der Waals surface area contributed by atoms with Gasteiger partial charge in [-0.25, -0.2) is 0 Å². The number of carbonyl (C=O) groups excluding carboxylic acids is 1. The lowest BCUT2D eigenvalue weighted by Gasteiger charge is -2.24. The third-order valence-corrected chi connectivity index (χ3v) is 5.46. The molecule has 0 bridgehead atoms. The fourth-order valence-corrected chi connectivity index (χ4v) is 4.07. The molecule has 3 nitrogen and oxygen atoms in total. The van der Waals surface area contributed by atoms with Crippen LogP contribution in [0.15, 0.2) is 22.4 Å². The number of hydrogen-bond donors (Lipinski definition) is 2. The molecule has 118 valence electrons. The van der Waals surface area contributed by atoms with E-state index in [-0.39, 0.29) is 11.7 Å². The number of halogens is 1. The van der Waals surface area contributed by atoms with Gasteiger partial charge in [-0.05, 0) is 67.3 Å². The first-order valence-electron chi connectivity index (χ1n) is 8.00. The van der Waals surface area contributed by atoms with E-state index >= 15 is 0 Å². The largest absolute Gasteiger partial charge is 0.509 e. The minimum Gasteiger partial charge on any atom is -0.509 e. The summed E-state index contributed by atoms with van der Waals surface area (Å²) < 4.78 is 1.02. The van der Waals surface area contributed by atoms with Gasteiger partial charge in [0.1, 0.15) is 5.76 Å². The minimum atomic E-state index is -0.588. The van der Waals surface area contributed by atoms with Crippen LogP contribution in [-0.4, -0.2) is 16.6 Å². The highest BCUT2D eigenvalue weighted by atomic mass is 79.9. The number of hydrogen-bond acceptors (Lipinski definition) is 2. The van der Waals surface area contributed by atoms with Crippen LogP contribution < -0.4 is 5.32 Å². The lowest BCUT2D eigenvalue weighted by atomic mass is 9.88. The van der Waals surface area contributed by atoms with E-state index < -0.39 is 5.54 Å². The van der Waals surface area contributed by atoms with Crippen molar-refractivity contribution in [3.05, 3.63) is 39.1 Å². The zero-order chi connectivity index (χ0) is 16.1. The third-order valence-electron chi connectivity index (χ3n) is 5.00. The molecule has 0 aromatic heterocycles. The average Bonchev–Trinajstić information content (AvgIpc) is 3.29. The minimum absolute atomic E-state index is 0.140. The molecule has 1 aromatic rings. The SMILES string of the molecule is CCc1cc(Br)cc(CC)c1C1=C(O)C(C)(C2CC2)NC1=O. The molecule has 2 N–H and O–H groups in total. The van der Waals surface area contributed by atoms with Crippen molar-refractivity contribution in [1.29, 1.82) is 0 Å². The van der Waals surface area contributed by atoms with E-state index in [2.05, 4.69) is 47.2 Å². The summed E-state index contributed by atoms with van der Waals surface area (Å²) >= 11 is 3.54. The maximum atomic E-state index is 12.6. The molecule has 0 saturated heterocycles. The van der Waals surface area contributed by atoms with Crippen molar-refractivity contribution < 1.29 is 9.90 Å². The fraction of sp³-hybridized carbons (Fsp3) is 0.500. The number of aliphatic hydroxyl groups excluding tert-OH is 1. The first kappa shape index (κ1) is 15.6. The van der Waals surface area contributed by atoms with Crippen molar-refractivity contribution in [2.45, 2.75) is 52.0 Å². The molecule has 0 radical (unpaired) electrons. The van der Waals surface area contributed by atoms with E-state index in [1.54, 1.807) is 0 Å². The van der Waals surface area contributed by atoms with Crippen LogP contribution in [0.5, 0.6) is 0 Å². The van der Waals surface area contributed by atoms with Crippen LogP contribution in [0.1, 0.15) is 50.3 Å².